The van der Waals surface area contributed by atoms with Crippen molar-refractivity contribution in [2.24, 2.45) is 0 Å². The maximum atomic E-state index is 11.4. The van der Waals surface area contributed by atoms with Crippen molar-refractivity contribution in [3.05, 3.63) is 21.7 Å². The Balaban J connectivity index is 1.86. The van der Waals surface area contributed by atoms with Crippen LogP contribution in [0.15, 0.2) is 11.6 Å². The number of thiazole rings is 1. The van der Waals surface area contributed by atoms with Crippen LogP contribution >= 0.6 is 22.9 Å². The van der Waals surface area contributed by atoms with E-state index in [0.717, 1.165) is 13.0 Å². The smallest absolute Gasteiger partial charge is 0.351 e. The topological polar surface area (TPSA) is 51.2 Å². The molecule has 0 bridgehead atoms. The van der Waals surface area contributed by atoms with E-state index in [1.807, 2.05) is 0 Å². The van der Waals surface area contributed by atoms with Crippen molar-refractivity contribution in [3.63, 3.8) is 0 Å². The van der Waals surface area contributed by atoms with Crippen LogP contribution in [0.5, 0.6) is 0 Å². The Bertz CT molecular complexity index is 485. The van der Waals surface area contributed by atoms with Crippen molar-refractivity contribution < 1.29 is 9.53 Å². The number of ether oxygens (including phenoxy) is 1. The first-order valence-corrected chi connectivity index (χ1v) is 7.56. The normalized spacial score (nSPS) is 14.9. The maximum Gasteiger partial charge on any atom is 0.351 e. The van der Waals surface area contributed by atoms with E-state index in [2.05, 4.69) is 21.1 Å². The van der Waals surface area contributed by atoms with Crippen LogP contribution in [0.2, 0.25) is 5.15 Å². The molecule has 0 aromatic carbocycles. The Kier molecular flexibility index (Phi) is 5.22. The third-order valence-electron chi connectivity index (χ3n) is 3.06. The standard InChI is InChI=1S/C13H17ClN2O2S/c1-18-12(17)10-11(14)16-13(19-10)15-8-7-9-5-3-2-4-6-9/h5H,2-4,6-8H2,1H3,(H,15,16). The summed E-state index contributed by atoms with van der Waals surface area (Å²) in [6.07, 6.45) is 8.35. The average molecular weight is 301 g/mol. The number of nitrogens with one attached hydrogen (secondary N) is 1. The molecule has 104 valence electrons. The fourth-order valence-corrected chi connectivity index (χ4v) is 3.19. The number of anilines is 1. The molecule has 0 atom stereocenters. The van der Waals surface area contributed by atoms with Gasteiger partial charge in [-0.1, -0.05) is 34.6 Å². The monoisotopic (exact) mass is 300 g/mol. The van der Waals surface area contributed by atoms with E-state index in [9.17, 15) is 4.79 Å². The Hall–Kier alpha value is -1.07. The van der Waals surface area contributed by atoms with Crippen molar-refractivity contribution >= 4 is 34.0 Å². The molecule has 0 saturated heterocycles. The van der Waals surface area contributed by atoms with Gasteiger partial charge in [0.15, 0.2) is 15.2 Å². The lowest BCUT2D eigenvalue weighted by Crippen LogP contribution is -2.04. The van der Waals surface area contributed by atoms with E-state index in [1.165, 1.54) is 49.7 Å². The highest BCUT2D eigenvalue weighted by atomic mass is 35.5. The number of esters is 1. The van der Waals surface area contributed by atoms with Crippen LogP contribution in [0, 0.1) is 0 Å². The van der Waals surface area contributed by atoms with Gasteiger partial charge in [-0.15, -0.1) is 0 Å². The second-order valence-electron chi connectivity index (χ2n) is 4.42. The number of hydrogen-bond donors (Lipinski definition) is 1. The molecule has 0 spiro atoms. The number of methoxy groups -OCH3 is 1. The van der Waals surface area contributed by atoms with Crippen LogP contribution in [0.25, 0.3) is 0 Å². The fraction of sp³-hybridized carbons (Fsp3) is 0.538. The zero-order valence-electron chi connectivity index (χ0n) is 10.9. The molecule has 0 unspecified atom stereocenters. The van der Waals surface area contributed by atoms with Crippen LogP contribution in [0.3, 0.4) is 0 Å². The first kappa shape index (κ1) is 14.3. The first-order valence-electron chi connectivity index (χ1n) is 6.37. The van der Waals surface area contributed by atoms with E-state index in [-0.39, 0.29) is 5.15 Å². The second-order valence-corrected chi connectivity index (χ2v) is 5.77. The minimum Gasteiger partial charge on any atom is -0.465 e. The molecule has 6 heteroatoms. The summed E-state index contributed by atoms with van der Waals surface area (Å²) in [6, 6.07) is 0. The van der Waals surface area contributed by atoms with Crippen molar-refractivity contribution in [1.82, 2.24) is 4.98 Å². The summed E-state index contributed by atoms with van der Waals surface area (Å²) in [6.45, 7) is 0.816. The number of hydrogen-bond acceptors (Lipinski definition) is 5. The third-order valence-corrected chi connectivity index (χ3v) is 4.44. The molecule has 0 amide bonds. The van der Waals surface area contributed by atoms with E-state index in [0.29, 0.717) is 10.0 Å². The van der Waals surface area contributed by atoms with Gasteiger partial charge in [-0.3, -0.25) is 0 Å². The van der Waals surface area contributed by atoms with Gasteiger partial charge in [0.05, 0.1) is 7.11 Å². The zero-order chi connectivity index (χ0) is 13.7. The van der Waals surface area contributed by atoms with Crippen LogP contribution < -0.4 is 5.32 Å². The quantitative estimate of drug-likeness (QED) is 0.662. The average Bonchev–Trinajstić information content (AvgIpc) is 2.80. The molecule has 19 heavy (non-hydrogen) atoms. The van der Waals surface area contributed by atoms with Gasteiger partial charge in [0.25, 0.3) is 0 Å². The summed E-state index contributed by atoms with van der Waals surface area (Å²) in [7, 11) is 1.33. The van der Waals surface area contributed by atoms with Crippen molar-refractivity contribution in [2.45, 2.75) is 32.1 Å². The summed E-state index contributed by atoms with van der Waals surface area (Å²) in [5.41, 5.74) is 1.51. The molecule has 1 heterocycles. The second kappa shape index (κ2) is 6.91. The van der Waals surface area contributed by atoms with Gasteiger partial charge in [-0.2, -0.15) is 0 Å². The van der Waals surface area contributed by atoms with E-state index in [4.69, 9.17) is 11.6 Å². The largest absolute Gasteiger partial charge is 0.465 e. The molecule has 0 aliphatic heterocycles. The first-order chi connectivity index (χ1) is 9.20. The molecule has 0 saturated carbocycles. The number of rotatable bonds is 5. The summed E-state index contributed by atoms with van der Waals surface area (Å²) in [4.78, 5) is 15.9. The molecular weight excluding hydrogens is 284 g/mol. The minimum absolute atomic E-state index is 0.205. The van der Waals surface area contributed by atoms with Crippen LogP contribution in [-0.4, -0.2) is 24.6 Å². The van der Waals surface area contributed by atoms with Gasteiger partial charge in [-0.05, 0) is 32.1 Å². The van der Waals surface area contributed by atoms with Gasteiger partial charge in [0.2, 0.25) is 0 Å². The SMILES string of the molecule is COC(=O)c1sc(NCCC2=CCCCC2)nc1Cl. The summed E-state index contributed by atoms with van der Waals surface area (Å²) in [5, 5.41) is 4.08. The molecule has 4 nitrogen and oxygen atoms in total. The molecule has 1 aromatic rings. The highest BCUT2D eigenvalue weighted by Crippen LogP contribution is 2.28. The number of carbonyl (C=O) groups is 1. The van der Waals surface area contributed by atoms with E-state index < -0.39 is 5.97 Å². The number of halogens is 1. The molecule has 1 aliphatic rings. The van der Waals surface area contributed by atoms with Gasteiger partial charge >= 0.3 is 5.97 Å². The van der Waals surface area contributed by atoms with Crippen LogP contribution in [0.4, 0.5) is 5.13 Å². The highest BCUT2D eigenvalue weighted by Gasteiger charge is 2.17. The number of aromatic nitrogens is 1. The predicted molar refractivity (Wildman–Crippen MR) is 78.1 cm³/mol. The Labute approximate surface area is 121 Å². The number of carbonyl (C=O) groups excluding carboxylic acids is 1. The predicted octanol–water partition coefficient (Wildman–Crippen LogP) is 3.89. The van der Waals surface area contributed by atoms with Crippen LogP contribution in [-0.2, 0) is 4.74 Å². The molecule has 0 fully saturated rings. The highest BCUT2D eigenvalue weighted by molar-refractivity contribution is 7.18. The number of allylic oxidation sites excluding steroid dienone is 1. The van der Waals surface area contributed by atoms with Crippen molar-refractivity contribution in [2.75, 3.05) is 19.0 Å². The third kappa shape index (κ3) is 3.94. The fourth-order valence-electron chi connectivity index (χ4n) is 2.06. The van der Waals surface area contributed by atoms with E-state index >= 15 is 0 Å². The zero-order valence-corrected chi connectivity index (χ0v) is 12.4. The molecule has 1 N–H and O–H groups in total. The molecule has 0 radical (unpaired) electrons. The molecule has 2 rings (SSSR count). The van der Waals surface area contributed by atoms with Gasteiger partial charge in [0, 0.05) is 6.54 Å². The van der Waals surface area contributed by atoms with Gasteiger partial charge < -0.3 is 10.1 Å². The lowest BCUT2D eigenvalue weighted by atomic mass is 9.97. The Morgan fingerprint density at radius 3 is 3.11 bits per heavy atom. The maximum absolute atomic E-state index is 11.4. The molecule has 1 aromatic heterocycles. The Morgan fingerprint density at radius 1 is 1.58 bits per heavy atom. The molecule has 1 aliphatic carbocycles. The number of nitrogens with zero attached hydrogens (tertiary/aromatic N) is 1. The Morgan fingerprint density at radius 2 is 2.42 bits per heavy atom. The van der Waals surface area contributed by atoms with E-state index in [1.54, 1.807) is 0 Å². The minimum atomic E-state index is -0.439. The van der Waals surface area contributed by atoms with Gasteiger partial charge in [0.1, 0.15) is 0 Å². The van der Waals surface area contributed by atoms with Crippen molar-refractivity contribution in [3.8, 4) is 0 Å². The lowest BCUT2D eigenvalue weighted by Gasteiger charge is -2.12. The van der Waals surface area contributed by atoms with Gasteiger partial charge in [-0.25, -0.2) is 9.78 Å². The van der Waals surface area contributed by atoms with Crippen molar-refractivity contribution in [1.29, 1.82) is 0 Å². The summed E-state index contributed by atoms with van der Waals surface area (Å²) in [5.74, 6) is -0.439. The van der Waals surface area contributed by atoms with Crippen LogP contribution in [0.1, 0.15) is 41.8 Å². The molecular formula is C13H17ClN2O2S. The summed E-state index contributed by atoms with van der Waals surface area (Å²) >= 11 is 7.12. The summed E-state index contributed by atoms with van der Waals surface area (Å²) < 4.78 is 4.64. The lowest BCUT2D eigenvalue weighted by molar-refractivity contribution is 0.0606.